The Balaban J connectivity index is 1.98. The van der Waals surface area contributed by atoms with Gasteiger partial charge in [-0.2, -0.15) is 9.98 Å². The zero-order valence-corrected chi connectivity index (χ0v) is 16.9. The maximum Gasteiger partial charge on any atom is 0.303 e. The van der Waals surface area contributed by atoms with E-state index in [2.05, 4.69) is 9.98 Å². The number of ether oxygens (including phenoxy) is 2. The minimum absolute atomic E-state index is 0.160. The Kier molecular flexibility index (Phi) is 5.52. The molecule has 3 aliphatic rings. The SMILES string of the molecule is CC[C@H](O)[C@@H]1C[C@@H](C(C)(C)OC(C)=O)[C@H](N2C(=O)SC3C(=O)N=C(N)N=C32)O1. The zero-order chi connectivity index (χ0) is 20.8. The van der Waals surface area contributed by atoms with Gasteiger partial charge < -0.3 is 20.3 Å². The third-order valence-electron chi connectivity index (χ3n) is 5.12. The van der Waals surface area contributed by atoms with Crippen LogP contribution in [0, 0.1) is 5.92 Å². The molecule has 3 rings (SSSR count). The number of carbonyl (C=O) groups excluding carboxylic acids is 3. The highest BCUT2D eigenvalue weighted by Gasteiger charge is 2.56. The van der Waals surface area contributed by atoms with E-state index in [0.717, 1.165) is 11.8 Å². The summed E-state index contributed by atoms with van der Waals surface area (Å²) in [4.78, 5) is 45.5. The summed E-state index contributed by atoms with van der Waals surface area (Å²) in [6, 6.07) is 0. The molecule has 11 heteroatoms. The van der Waals surface area contributed by atoms with E-state index in [1.807, 2.05) is 6.92 Å². The van der Waals surface area contributed by atoms with Gasteiger partial charge in [0.15, 0.2) is 5.25 Å². The molecule has 10 nitrogen and oxygen atoms in total. The first kappa shape index (κ1) is 20.7. The maximum atomic E-state index is 12.7. The van der Waals surface area contributed by atoms with Crippen LogP contribution in [-0.4, -0.2) is 68.2 Å². The van der Waals surface area contributed by atoms with Crippen molar-refractivity contribution in [3.05, 3.63) is 0 Å². The predicted octanol–water partition coefficient (Wildman–Crippen LogP) is 0.621. The Bertz CT molecular complexity index is 767. The molecule has 5 atom stereocenters. The number of aliphatic hydroxyl groups is 1. The summed E-state index contributed by atoms with van der Waals surface area (Å²) in [5.74, 6) is -1.54. The summed E-state index contributed by atoms with van der Waals surface area (Å²) in [5.41, 5.74) is 4.63. The van der Waals surface area contributed by atoms with Gasteiger partial charge >= 0.3 is 5.97 Å². The zero-order valence-electron chi connectivity index (χ0n) is 16.1. The number of guanidine groups is 1. The lowest BCUT2D eigenvalue weighted by Crippen LogP contribution is -2.52. The van der Waals surface area contributed by atoms with Gasteiger partial charge in [-0.05, 0) is 38.5 Å². The van der Waals surface area contributed by atoms with Crippen molar-refractivity contribution >= 4 is 40.7 Å². The van der Waals surface area contributed by atoms with E-state index < -0.39 is 52.3 Å². The van der Waals surface area contributed by atoms with E-state index in [4.69, 9.17) is 15.2 Å². The number of aliphatic hydroxyl groups excluding tert-OH is 1. The van der Waals surface area contributed by atoms with Crippen LogP contribution in [-0.2, 0) is 19.1 Å². The summed E-state index contributed by atoms with van der Waals surface area (Å²) in [5, 5.41) is 8.99. The predicted molar refractivity (Wildman–Crippen MR) is 102 cm³/mol. The Morgan fingerprint density at radius 3 is 2.75 bits per heavy atom. The van der Waals surface area contributed by atoms with Gasteiger partial charge in [0.25, 0.3) is 11.1 Å². The second-order valence-corrected chi connectivity index (χ2v) is 8.55. The largest absolute Gasteiger partial charge is 0.459 e. The van der Waals surface area contributed by atoms with Crippen LogP contribution in [0.4, 0.5) is 4.79 Å². The number of hydrogen-bond donors (Lipinski definition) is 2. The normalized spacial score (nSPS) is 31.4. The first-order valence-electron chi connectivity index (χ1n) is 9.04. The lowest BCUT2D eigenvalue weighted by molar-refractivity contribution is -0.163. The summed E-state index contributed by atoms with van der Waals surface area (Å²) >= 11 is 0.790. The summed E-state index contributed by atoms with van der Waals surface area (Å²) in [6.45, 7) is 6.58. The first-order chi connectivity index (χ1) is 13.0. The van der Waals surface area contributed by atoms with Crippen LogP contribution in [0.2, 0.25) is 0 Å². The van der Waals surface area contributed by atoms with Crippen molar-refractivity contribution in [3.63, 3.8) is 0 Å². The van der Waals surface area contributed by atoms with Crippen LogP contribution in [0.5, 0.6) is 0 Å². The van der Waals surface area contributed by atoms with Gasteiger partial charge in [0.05, 0.1) is 12.2 Å². The van der Waals surface area contributed by atoms with Crippen LogP contribution in [0.3, 0.4) is 0 Å². The number of thioether (sulfide) groups is 1. The average Bonchev–Trinajstić information content (AvgIpc) is 3.14. The molecule has 2 fully saturated rings. The molecule has 3 aliphatic heterocycles. The molecule has 0 aromatic heterocycles. The third-order valence-corrected chi connectivity index (χ3v) is 6.17. The van der Waals surface area contributed by atoms with Crippen LogP contribution in [0.1, 0.15) is 40.5 Å². The quantitative estimate of drug-likeness (QED) is 0.625. The molecule has 0 aliphatic carbocycles. The fraction of sp³-hybridized carbons (Fsp3) is 0.706. The number of carbonyl (C=O) groups is 3. The minimum Gasteiger partial charge on any atom is -0.459 e. The monoisotopic (exact) mass is 412 g/mol. The van der Waals surface area contributed by atoms with E-state index >= 15 is 0 Å². The van der Waals surface area contributed by atoms with Crippen molar-refractivity contribution in [3.8, 4) is 0 Å². The van der Waals surface area contributed by atoms with Crippen LogP contribution < -0.4 is 5.73 Å². The van der Waals surface area contributed by atoms with E-state index in [9.17, 15) is 19.5 Å². The fourth-order valence-electron chi connectivity index (χ4n) is 3.77. The highest BCUT2D eigenvalue weighted by atomic mass is 32.2. The smallest absolute Gasteiger partial charge is 0.303 e. The van der Waals surface area contributed by atoms with Crippen molar-refractivity contribution < 1.29 is 29.0 Å². The number of amidine groups is 1. The Labute approximate surface area is 166 Å². The standard InChI is InChI=1S/C17H24N4O6S/c1-5-9(23)10-6-8(17(3,4)27-7(2)22)14(26-10)21-12-11(28-16(21)25)13(24)20-15(18)19-12/h8-11,14,23H,5-6H2,1-4H3,(H2,18,20,24)/t8-,9+,10+,11?,14-/m1/s1. The molecule has 1 unspecified atom stereocenters. The summed E-state index contributed by atoms with van der Waals surface area (Å²) in [7, 11) is 0. The number of nitrogens with two attached hydrogens (primary N) is 1. The van der Waals surface area contributed by atoms with Gasteiger partial charge in [0.2, 0.25) is 5.96 Å². The van der Waals surface area contributed by atoms with Crippen molar-refractivity contribution in [2.24, 2.45) is 21.6 Å². The highest BCUT2D eigenvalue weighted by molar-refractivity contribution is 8.16. The molecule has 0 aromatic carbocycles. The van der Waals surface area contributed by atoms with Crippen LogP contribution >= 0.6 is 11.8 Å². The molecule has 3 N–H and O–H groups in total. The first-order valence-corrected chi connectivity index (χ1v) is 9.92. The van der Waals surface area contributed by atoms with E-state index in [1.165, 1.54) is 11.8 Å². The van der Waals surface area contributed by atoms with Gasteiger partial charge in [-0.3, -0.25) is 19.3 Å². The third kappa shape index (κ3) is 3.65. The van der Waals surface area contributed by atoms with Gasteiger partial charge in [0.1, 0.15) is 17.7 Å². The average molecular weight is 412 g/mol. The maximum absolute atomic E-state index is 12.7. The lowest BCUT2D eigenvalue weighted by Gasteiger charge is -2.37. The summed E-state index contributed by atoms with van der Waals surface area (Å²) in [6.07, 6.45) is -1.35. The molecule has 3 heterocycles. The molecular weight excluding hydrogens is 388 g/mol. The molecule has 28 heavy (non-hydrogen) atoms. The van der Waals surface area contributed by atoms with E-state index in [0.29, 0.717) is 12.8 Å². The molecule has 2 saturated heterocycles. The van der Waals surface area contributed by atoms with Crippen molar-refractivity contribution in [2.45, 2.75) is 69.8 Å². The number of esters is 1. The molecule has 154 valence electrons. The number of rotatable bonds is 5. The van der Waals surface area contributed by atoms with Crippen molar-refractivity contribution in [2.75, 3.05) is 0 Å². The molecule has 0 bridgehead atoms. The Morgan fingerprint density at radius 1 is 1.46 bits per heavy atom. The molecule has 0 aromatic rings. The molecule has 0 spiro atoms. The van der Waals surface area contributed by atoms with Crippen LogP contribution in [0.25, 0.3) is 0 Å². The second-order valence-electron chi connectivity index (χ2n) is 7.49. The minimum atomic E-state index is -0.986. The number of aliphatic imine (C=N–C) groups is 2. The van der Waals surface area contributed by atoms with Gasteiger partial charge in [-0.15, -0.1) is 0 Å². The van der Waals surface area contributed by atoms with E-state index in [1.54, 1.807) is 13.8 Å². The molecule has 0 saturated carbocycles. The second kappa shape index (κ2) is 7.45. The topological polar surface area (TPSA) is 144 Å². The van der Waals surface area contributed by atoms with Gasteiger partial charge in [-0.1, -0.05) is 6.92 Å². The number of nitrogens with zero attached hydrogens (tertiary/aromatic N) is 3. The van der Waals surface area contributed by atoms with Crippen molar-refractivity contribution in [1.29, 1.82) is 0 Å². The lowest BCUT2D eigenvalue weighted by atomic mass is 9.85. The number of amides is 2. The van der Waals surface area contributed by atoms with Crippen molar-refractivity contribution in [1.82, 2.24) is 4.90 Å². The molecule has 2 amide bonds. The Morgan fingerprint density at radius 2 is 2.14 bits per heavy atom. The Hall–Kier alpha value is -1.98. The number of hydrogen-bond acceptors (Lipinski definition) is 9. The van der Waals surface area contributed by atoms with Crippen LogP contribution in [0.15, 0.2) is 9.98 Å². The summed E-state index contributed by atoms with van der Waals surface area (Å²) < 4.78 is 11.5. The molecular formula is C17H24N4O6S. The van der Waals surface area contributed by atoms with Gasteiger partial charge in [-0.25, -0.2) is 0 Å². The number of fused-ring (bicyclic) bond motifs is 1. The van der Waals surface area contributed by atoms with E-state index in [-0.39, 0.29) is 11.8 Å². The van der Waals surface area contributed by atoms with Gasteiger partial charge in [0, 0.05) is 12.8 Å². The highest BCUT2D eigenvalue weighted by Crippen LogP contribution is 2.44. The fourth-order valence-corrected chi connectivity index (χ4v) is 4.71. The molecule has 0 radical (unpaired) electrons.